The molecule has 1 fully saturated rings. The molecule has 1 aromatic carbocycles. The van der Waals surface area contributed by atoms with Gasteiger partial charge in [0.15, 0.2) is 0 Å². The number of anilines is 1. The predicted molar refractivity (Wildman–Crippen MR) is 94.7 cm³/mol. The van der Waals surface area contributed by atoms with Crippen molar-refractivity contribution >= 4 is 17.6 Å². The standard InChI is InChI=1S/C18H21N5O4/c1-12(24)23-9-13-5-2-3-6-14(13)26-18(11-23)7-4-8-22(10-18)17(25)15-16(19)21-27-20-15/h2-3,5-6H,4,7-11H2,1H3,(H2,19,21). The van der Waals surface area contributed by atoms with E-state index >= 15 is 0 Å². The lowest BCUT2D eigenvalue weighted by Gasteiger charge is -2.43. The van der Waals surface area contributed by atoms with E-state index in [1.54, 1.807) is 16.7 Å². The molecule has 1 spiro atoms. The number of aromatic nitrogens is 2. The molecule has 1 aromatic heterocycles. The Labute approximate surface area is 156 Å². The van der Waals surface area contributed by atoms with Gasteiger partial charge in [0.05, 0.1) is 13.1 Å². The van der Waals surface area contributed by atoms with Gasteiger partial charge in [-0.2, -0.15) is 0 Å². The van der Waals surface area contributed by atoms with Gasteiger partial charge in [-0.25, -0.2) is 4.63 Å². The van der Waals surface area contributed by atoms with Crippen LogP contribution in [0.3, 0.4) is 0 Å². The first-order chi connectivity index (χ1) is 13.0. The van der Waals surface area contributed by atoms with Crippen LogP contribution in [-0.2, 0) is 11.3 Å². The average Bonchev–Trinajstić information content (AvgIpc) is 3.00. The van der Waals surface area contributed by atoms with Crippen molar-refractivity contribution in [3.05, 3.63) is 35.5 Å². The molecular weight excluding hydrogens is 350 g/mol. The van der Waals surface area contributed by atoms with Crippen molar-refractivity contribution in [3.63, 3.8) is 0 Å². The van der Waals surface area contributed by atoms with Crippen molar-refractivity contribution in [1.82, 2.24) is 20.1 Å². The zero-order valence-corrected chi connectivity index (χ0v) is 15.1. The molecule has 2 aliphatic rings. The highest BCUT2D eigenvalue weighted by molar-refractivity contribution is 5.96. The normalized spacial score (nSPS) is 22.1. The quantitative estimate of drug-likeness (QED) is 0.797. The maximum absolute atomic E-state index is 12.8. The lowest BCUT2D eigenvalue weighted by Crippen LogP contribution is -2.58. The Hall–Kier alpha value is -3.10. The van der Waals surface area contributed by atoms with Gasteiger partial charge < -0.3 is 20.3 Å². The fourth-order valence-corrected chi connectivity index (χ4v) is 3.81. The molecular formula is C18H21N5O4. The number of para-hydroxylation sites is 1. The predicted octanol–water partition coefficient (Wildman–Crippen LogP) is 1.07. The summed E-state index contributed by atoms with van der Waals surface area (Å²) in [6.45, 7) is 3.33. The Morgan fingerprint density at radius 3 is 2.70 bits per heavy atom. The number of ether oxygens (including phenoxy) is 1. The fourth-order valence-electron chi connectivity index (χ4n) is 3.81. The topological polar surface area (TPSA) is 115 Å². The number of benzene rings is 1. The van der Waals surface area contributed by atoms with Gasteiger partial charge >= 0.3 is 0 Å². The number of carbonyl (C=O) groups is 2. The van der Waals surface area contributed by atoms with E-state index in [9.17, 15) is 9.59 Å². The summed E-state index contributed by atoms with van der Waals surface area (Å²) < 4.78 is 11.0. The Morgan fingerprint density at radius 1 is 1.19 bits per heavy atom. The first kappa shape index (κ1) is 17.3. The van der Waals surface area contributed by atoms with Crippen LogP contribution < -0.4 is 10.5 Å². The monoisotopic (exact) mass is 371 g/mol. The number of carbonyl (C=O) groups excluding carboxylic acids is 2. The van der Waals surface area contributed by atoms with Crippen molar-refractivity contribution in [3.8, 4) is 5.75 Å². The number of nitrogen functional groups attached to an aromatic ring is 1. The molecule has 9 nitrogen and oxygen atoms in total. The zero-order chi connectivity index (χ0) is 19.0. The average molecular weight is 371 g/mol. The van der Waals surface area contributed by atoms with Crippen molar-refractivity contribution in [1.29, 1.82) is 0 Å². The van der Waals surface area contributed by atoms with E-state index in [-0.39, 0.29) is 23.3 Å². The maximum Gasteiger partial charge on any atom is 0.280 e. The molecule has 1 atom stereocenters. The molecule has 0 bridgehead atoms. The minimum absolute atomic E-state index is 0.00416. The van der Waals surface area contributed by atoms with Gasteiger partial charge in [-0.3, -0.25) is 9.59 Å². The lowest BCUT2D eigenvalue weighted by atomic mass is 9.91. The van der Waals surface area contributed by atoms with Crippen LogP contribution in [0.25, 0.3) is 0 Å². The molecule has 3 heterocycles. The van der Waals surface area contributed by atoms with E-state index in [2.05, 4.69) is 14.9 Å². The molecule has 0 saturated carbocycles. The van der Waals surface area contributed by atoms with Crippen molar-refractivity contribution in [2.45, 2.75) is 31.9 Å². The molecule has 4 rings (SSSR count). The second-order valence-electron chi connectivity index (χ2n) is 7.10. The van der Waals surface area contributed by atoms with Gasteiger partial charge in [-0.05, 0) is 29.2 Å². The Bertz CT molecular complexity index is 882. The number of nitrogens with two attached hydrogens (primary N) is 1. The highest BCUT2D eigenvalue weighted by Crippen LogP contribution is 2.35. The SMILES string of the molecule is CC(=O)N1Cc2ccccc2OC2(CCCN(C(=O)c3nonc3N)C2)C1. The van der Waals surface area contributed by atoms with Crippen molar-refractivity contribution < 1.29 is 19.0 Å². The highest BCUT2D eigenvalue weighted by Gasteiger charge is 2.44. The smallest absolute Gasteiger partial charge is 0.280 e. The number of hydrogen-bond donors (Lipinski definition) is 1. The number of rotatable bonds is 1. The van der Waals surface area contributed by atoms with E-state index < -0.39 is 5.60 Å². The molecule has 2 amide bonds. The molecule has 0 aliphatic carbocycles. The van der Waals surface area contributed by atoms with Gasteiger partial charge in [0.25, 0.3) is 5.91 Å². The summed E-state index contributed by atoms with van der Waals surface area (Å²) in [4.78, 5) is 28.4. The van der Waals surface area contributed by atoms with E-state index in [1.807, 2.05) is 24.3 Å². The first-order valence-corrected chi connectivity index (χ1v) is 8.87. The van der Waals surface area contributed by atoms with Crippen LogP contribution in [0, 0.1) is 0 Å². The molecule has 2 N–H and O–H groups in total. The number of nitrogens with zero attached hydrogens (tertiary/aromatic N) is 4. The third-order valence-corrected chi connectivity index (χ3v) is 5.13. The third kappa shape index (κ3) is 3.20. The van der Waals surface area contributed by atoms with Crippen LogP contribution in [0.5, 0.6) is 5.75 Å². The van der Waals surface area contributed by atoms with Gasteiger partial charge in [0, 0.05) is 25.6 Å². The Balaban J connectivity index is 1.65. The summed E-state index contributed by atoms with van der Waals surface area (Å²) in [6.07, 6.45) is 1.48. The third-order valence-electron chi connectivity index (χ3n) is 5.13. The summed E-state index contributed by atoms with van der Waals surface area (Å²) in [5, 5.41) is 7.09. The second-order valence-corrected chi connectivity index (χ2v) is 7.10. The van der Waals surface area contributed by atoms with Crippen LogP contribution in [0.4, 0.5) is 5.82 Å². The molecule has 2 aliphatic heterocycles. The summed E-state index contributed by atoms with van der Waals surface area (Å²) in [5.74, 6) is 0.349. The van der Waals surface area contributed by atoms with Crippen molar-refractivity contribution in [2.75, 3.05) is 25.4 Å². The summed E-state index contributed by atoms with van der Waals surface area (Å²) >= 11 is 0. The van der Waals surface area contributed by atoms with Gasteiger partial charge in [-0.15, -0.1) is 0 Å². The van der Waals surface area contributed by atoms with E-state index in [0.29, 0.717) is 26.2 Å². The van der Waals surface area contributed by atoms with E-state index in [1.165, 1.54) is 0 Å². The van der Waals surface area contributed by atoms with E-state index in [4.69, 9.17) is 10.5 Å². The zero-order valence-electron chi connectivity index (χ0n) is 15.1. The molecule has 1 unspecified atom stereocenters. The molecule has 1 saturated heterocycles. The Kier molecular flexibility index (Phi) is 4.21. The lowest BCUT2D eigenvalue weighted by molar-refractivity contribution is -0.132. The minimum Gasteiger partial charge on any atom is -0.483 e. The van der Waals surface area contributed by atoms with Gasteiger partial charge in [-0.1, -0.05) is 18.2 Å². The number of amides is 2. The second kappa shape index (κ2) is 6.57. The maximum atomic E-state index is 12.8. The Morgan fingerprint density at radius 2 is 1.96 bits per heavy atom. The molecule has 27 heavy (non-hydrogen) atoms. The minimum atomic E-state index is -0.682. The van der Waals surface area contributed by atoms with Crippen LogP contribution in [-0.4, -0.2) is 57.2 Å². The van der Waals surface area contributed by atoms with Crippen LogP contribution in [0.15, 0.2) is 28.9 Å². The molecule has 142 valence electrons. The van der Waals surface area contributed by atoms with Crippen LogP contribution in [0.1, 0.15) is 35.8 Å². The molecule has 2 aromatic rings. The summed E-state index contributed by atoms with van der Waals surface area (Å²) in [7, 11) is 0. The van der Waals surface area contributed by atoms with Crippen molar-refractivity contribution in [2.24, 2.45) is 0 Å². The largest absolute Gasteiger partial charge is 0.483 e. The molecule has 0 radical (unpaired) electrons. The summed E-state index contributed by atoms with van der Waals surface area (Å²) in [5.41, 5.74) is 5.95. The first-order valence-electron chi connectivity index (χ1n) is 8.87. The van der Waals surface area contributed by atoms with Gasteiger partial charge in [0.1, 0.15) is 11.4 Å². The number of piperidine rings is 1. The summed E-state index contributed by atoms with van der Waals surface area (Å²) in [6, 6.07) is 7.69. The van der Waals surface area contributed by atoms with E-state index in [0.717, 1.165) is 24.2 Å². The molecule has 9 heteroatoms. The number of likely N-dealkylation sites (tertiary alicyclic amines) is 1. The van der Waals surface area contributed by atoms with Crippen LogP contribution in [0.2, 0.25) is 0 Å². The van der Waals surface area contributed by atoms with Crippen LogP contribution >= 0.6 is 0 Å². The highest BCUT2D eigenvalue weighted by atomic mass is 16.6. The fraction of sp³-hybridized carbons (Fsp3) is 0.444. The van der Waals surface area contributed by atoms with Gasteiger partial charge in [0.2, 0.25) is 17.4 Å². The number of fused-ring (bicyclic) bond motifs is 1. The number of hydrogen-bond acceptors (Lipinski definition) is 7.